The maximum absolute atomic E-state index is 12.1. The predicted molar refractivity (Wildman–Crippen MR) is 115 cm³/mol. The minimum atomic E-state index is 0.00874. The number of fused-ring (bicyclic) bond motifs is 1. The summed E-state index contributed by atoms with van der Waals surface area (Å²) in [6, 6.07) is 12.1. The summed E-state index contributed by atoms with van der Waals surface area (Å²) in [4.78, 5) is 28.7. The largest absolute Gasteiger partial charge is 0.377 e. The van der Waals surface area contributed by atoms with Gasteiger partial charge in [-0.2, -0.15) is 0 Å². The third-order valence-corrected chi connectivity index (χ3v) is 5.59. The summed E-state index contributed by atoms with van der Waals surface area (Å²) in [6.07, 6.45) is 5.45. The van der Waals surface area contributed by atoms with E-state index in [9.17, 15) is 9.59 Å². The van der Waals surface area contributed by atoms with Crippen LogP contribution in [0.4, 0.5) is 5.69 Å². The van der Waals surface area contributed by atoms with Crippen molar-refractivity contribution in [3.63, 3.8) is 0 Å². The number of ketones is 1. The highest BCUT2D eigenvalue weighted by molar-refractivity contribution is 5.87. The quantitative estimate of drug-likeness (QED) is 0.735. The number of nitrogens with one attached hydrogen (secondary N) is 1. The van der Waals surface area contributed by atoms with Crippen LogP contribution in [0.5, 0.6) is 0 Å². The molecule has 1 aliphatic rings. The number of aryl methyl sites for hydroxylation is 3. The van der Waals surface area contributed by atoms with Crippen LogP contribution in [0, 0.1) is 6.92 Å². The number of nitrogens with zero attached hydrogens (tertiary/aromatic N) is 2. The average Bonchev–Trinajstić information content (AvgIpc) is 2.72. The van der Waals surface area contributed by atoms with E-state index in [0.29, 0.717) is 18.4 Å². The van der Waals surface area contributed by atoms with E-state index >= 15 is 0 Å². The lowest BCUT2D eigenvalue weighted by molar-refractivity contribution is -0.118. The molecule has 1 N–H and O–H groups in total. The first-order valence-electron chi connectivity index (χ1n) is 9.95. The van der Waals surface area contributed by atoms with Crippen LogP contribution in [0.3, 0.4) is 0 Å². The molecular formula is C24H25N3O2. The summed E-state index contributed by atoms with van der Waals surface area (Å²) in [5.41, 5.74) is 6.97. The van der Waals surface area contributed by atoms with Gasteiger partial charge in [0.05, 0.1) is 11.7 Å². The van der Waals surface area contributed by atoms with Gasteiger partial charge in [-0.1, -0.05) is 12.1 Å². The smallest absolute Gasteiger partial charge is 0.253 e. The number of hydrogen-bond donors (Lipinski definition) is 1. The molecule has 0 amide bonds. The van der Waals surface area contributed by atoms with Gasteiger partial charge in [0.1, 0.15) is 5.78 Å². The number of rotatable bonds is 4. The molecule has 0 aliphatic heterocycles. The first-order chi connectivity index (χ1) is 13.9. The summed E-state index contributed by atoms with van der Waals surface area (Å²) >= 11 is 0. The number of pyridine rings is 2. The van der Waals surface area contributed by atoms with Gasteiger partial charge in [0.25, 0.3) is 5.56 Å². The van der Waals surface area contributed by atoms with Crippen molar-refractivity contribution in [1.29, 1.82) is 0 Å². The van der Waals surface area contributed by atoms with Gasteiger partial charge in [-0.3, -0.25) is 14.6 Å². The van der Waals surface area contributed by atoms with Crippen molar-refractivity contribution in [2.75, 3.05) is 5.32 Å². The fourth-order valence-corrected chi connectivity index (χ4v) is 3.99. The van der Waals surface area contributed by atoms with Crippen molar-refractivity contribution in [3.8, 4) is 11.1 Å². The van der Waals surface area contributed by atoms with E-state index in [1.165, 1.54) is 5.56 Å². The summed E-state index contributed by atoms with van der Waals surface area (Å²) in [5, 5.41) is 3.57. The molecule has 1 unspecified atom stereocenters. The minimum absolute atomic E-state index is 0.00874. The number of carbonyl (C=O) groups excluding carboxylic acids is 1. The van der Waals surface area contributed by atoms with Crippen LogP contribution in [0.25, 0.3) is 11.1 Å². The second kappa shape index (κ2) is 7.66. The Kier molecular flexibility index (Phi) is 5.05. The van der Waals surface area contributed by atoms with E-state index in [1.54, 1.807) is 17.8 Å². The Bertz CT molecular complexity index is 1110. The van der Waals surface area contributed by atoms with Crippen molar-refractivity contribution in [2.45, 2.75) is 39.2 Å². The van der Waals surface area contributed by atoms with Crippen LogP contribution in [-0.2, 0) is 24.7 Å². The van der Waals surface area contributed by atoms with Crippen molar-refractivity contribution in [3.05, 3.63) is 81.5 Å². The standard InChI is InChI=1S/C24H25N3O2/c1-15-10-19(14-27(3)24(15)29)18-11-17-7-8-20(28)13-21(17)23(12-18)26-16(2)22-6-4-5-9-25-22/h4-6,9-12,14,16,26H,7-8,13H2,1-3H3. The zero-order chi connectivity index (χ0) is 20.5. The third-order valence-electron chi connectivity index (χ3n) is 5.59. The molecule has 0 radical (unpaired) electrons. The lowest BCUT2D eigenvalue weighted by Crippen LogP contribution is -2.19. The van der Waals surface area contributed by atoms with Crippen LogP contribution < -0.4 is 10.9 Å². The van der Waals surface area contributed by atoms with E-state index in [0.717, 1.165) is 34.5 Å². The predicted octanol–water partition coefficient (Wildman–Crippen LogP) is 3.99. The Morgan fingerprint density at radius 1 is 1.10 bits per heavy atom. The Balaban J connectivity index is 1.80. The maximum atomic E-state index is 12.1. The zero-order valence-electron chi connectivity index (χ0n) is 17.0. The molecule has 5 nitrogen and oxygen atoms in total. The monoisotopic (exact) mass is 387 g/mol. The average molecular weight is 387 g/mol. The fraction of sp³-hybridized carbons (Fsp3) is 0.292. The van der Waals surface area contributed by atoms with E-state index < -0.39 is 0 Å². The van der Waals surface area contributed by atoms with Crippen LogP contribution in [-0.4, -0.2) is 15.3 Å². The van der Waals surface area contributed by atoms with Crippen molar-refractivity contribution in [2.24, 2.45) is 7.05 Å². The molecule has 148 valence electrons. The molecule has 1 aliphatic carbocycles. The molecule has 1 atom stereocenters. The van der Waals surface area contributed by atoms with Gasteiger partial charge in [-0.25, -0.2) is 0 Å². The van der Waals surface area contributed by atoms with Crippen LogP contribution in [0.2, 0.25) is 0 Å². The maximum Gasteiger partial charge on any atom is 0.253 e. The number of hydrogen-bond acceptors (Lipinski definition) is 4. The Morgan fingerprint density at radius 2 is 1.93 bits per heavy atom. The summed E-state index contributed by atoms with van der Waals surface area (Å²) in [6.45, 7) is 3.91. The lowest BCUT2D eigenvalue weighted by Gasteiger charge is -2.24. The molecule has 2 heterocycles. The summed E-state index contributed by atoms with van der Waals surface area (Å²) in [7, 11) is 1.78. The first-order valence-corrected chi connectivity index (χ1v) is 9.95. The highest BCUT2D eigenvalue weighted by Gasteiger charge is 2.21. The van der Waals surface area contributed by atoms with Gasteiger partial charge in [-0.15, -0.1) is 0 Å². The van der Waals surface area contributed by atoms with Gasteiger partial charge >= 0.3 is 0 Å². The van der Waals surface area contributed by atoms with Crippen LogP contribution in [0.15, 0.2) is 53.6 Å². The molecule has 2 aromatic heterocycles. The molecule has 0 fully saturated rings. The Labute approximate surface area is 170 Å². The number of benzene rings is 1. The van der Waals surface area contributed by atoms with Gasteiger partial charge in [0.2, 0.25) is 0 Å². The highest BCUT2D eigenvalue weighted by atomic mass is 16.1. The van der Waals surface area contributed by atoms with E-state index in [-0.39, 0.29) is 17.4 Å². The molecule has 29 heavy (non-hydrogen) atoms. The molecule has 0 saturated carbocycles. The number of carbonyl (C=O) groups is 1. The van der Waals surface area contributed by atoms with Gasteiger partial charge < -0.3 is 9.88 Å². The summed E-state index contributed by atoms with van der Waals surface area (Å²) in [5.74, 6) is 0.275. The molecule has 0 bridgehead atoms. The highest BCUT2D eigenvalue weighted by Crippen LogP contribution is 2.34. The normalized spacial score (nSPS) is 14.4. The number of anilines is 1. The molecule has 3 aromatic rings. The van der Waals surface area contributed by atoms with Gasteiger partial charge in [0, 0.05) is 43.5 Å². The molecule has 0 saturated heterocycles. The fourth-order valence-electron chi connectivity index (χ4n) is 3.99. The van der Waals surface area contributed by atoms with Gasteiger partial charge in [0.15, 0.2) is 0 Å². The van der Waals surface area contributed by atoms with Crippen molar-refractivity contribution in [1.82, 2.24) is 9.55 Å². The Hall–Kier alpha value is -3.21. The molecule has 1 aromatic carbocycles. The van der Waals surface area contributed by atoms with E-state index in [2.05, 4.69) is 29.4 Å². The molecule has 5 heteroatoms. The minimum Gasteiger partial charge on any atom is -0.377 e. The second-order valence-electron chi connectivity index (χ2n) is 7.83. The van der Waals surface area contributed by atoms with E-state index in [1.807, 2.05) is 37.4 Å². The van der Waals surface area contributed by atoms with E-state index in [4.69, 9.17) is 0 Å². The van der Waals surface area contributed by atoms with Gasteiger partial charge in [-0.05, 0) is 66.8 Å². The topological polar surface area (TPSA) is 64.0 Å². The zero-order valence-corrected chi connectivity index (χ0v) is 17.0. The second-order valence-corrected chi connectivity index (χ2v) is 7.83. The molecule has 0 spiro atoms. The number of Topliss-reactive ketones (excluding diaryl/α,β-unsaturated/α-hetero) is 1. The first kappa shape index (κ1) is 19.1. The van der Waals surface area contributed by atoms with Crippen molar-refractivity contribution >= 4 is 11.5 Å². The molecule has 4 rings (SSSR count). The SMILES string of the molecule is Cc1cc(-c2cc3c(c(NC(C)c4ccccn4)c2)CC(=O)CC3)cn(C)c1=O. The lowest BCUT2D eigenvalue weighted by atomic mass is 9.86. The third kappa shape index (κ3) is 3.86. The van der Waals surface area contributed by atoms with Crippen LogP contribution in [0.1, 0.15) is 41.8 Å². The van der Waals surface area contributed by atoms with Crippen LogP contribution >= 0.6 is 0 Å². The molecular weight excluding hydrogens is 362 g/mol. The van der Waals surface area contributed by atoms with Crippen molar-refractivity contribution < 1.29 is 4.79 Å². The number of aromatic nitrogens is 2. The summed E-state index contributed by atoms with van der Waals surface area (Å²) < 4.78 is 1.62. The Morgan fingerprint density at radius 3 is 2.66 bits per heavy atom.